The molecule has 92 valence electrons. The molecule has 0 fully saturated rings. The molecule has 2 heterocycles. The second-order valence-corrected chi connectivity index (χ2v) is 4.01. The van der Waals surface area contributed by atoms with Gasteiger partial charge in [-0.25, -0.2) is 4.79 Å². The molecule has 2 aromatic heterocycles. The Morgan fingerprint density at radius 2 is 2.28 bits per heavy atom. The van der Waals surface area contributed by atoms with Crippen LogP contribution in [0.3, 0.4) is 0 Å². The number of carbonyl (C=O) groups is 1. The number of nitrogens with one attached hydrogen (secondary N) is 1. The number of aryl methyl sites for hydroxylation is 1. The number of carboxylic acids is 1. The number of fused-ring (bicyclic) bond motifs is 3. The maximum Gasteiger partial charge on any atom is 0.357 e. The number of methoxy groups -OCH3 is 1. The number of hydrogen-bond donors (Lipinski definition) is 2. The number of aromatic nitrogens is 3. The number of nitrogens with zero attached hydrogens (tertiary/aromatic N) is 2. The fourth-order valence-electron chi connectivity index (χ4n) is 2.23. The lowest BCUT2D eigenvalue weighted by atomic mass is 10.1. The van der Waals surface area contributed by atoms with Crippen LogP contribution in [-0.4, -0.2) is 33.0 Å². The highest BCUT2D eigenvalue weighted by atomic mass is 16.5. The topological polar surface area (TPSA) is 80.1 Å². The Morgan fingerprint density at radius 3 is 2.94 bits per heavy atom. The van der Waals surface area contributed by atoms with E-state index in [2.05, 4.69) is 10.1 Å². The van der Waals surface area contributed by atoms with Gasteiger partial charge < -0.3 is 14.8 Å². The van der Waals surface area contributed by atoms with Crippen molar-refractivity contribution in [3.05, 3.63) is 23.9 Å². The molecule has 3 aromatic rings. The van der Waals surface area contributed by atoms with E-state index >= 15 is 0 Å². The van der Waals surface area contributed by atoms with Gasteiger partial charge in [0.25, 0.3) is 0 Å². The van der Waals surface area contributed by atoms with Crippen LogP contribution in [0.1, 0.15) is 10.5 Å². The Balaban J connectivity index is 2.53. The molecule has 3 rings (SSSR count). The molecule has 0 amide bonds. The molecular formula is C12H11N3O3. The first-order chi connectivity index (χ1) is 8.63. The number of ether oxygens (including phenoxy) is 1. The molecule has 0 saturated carbocycles. The molecular weight excluding hydrogens is 234 g/mol. The average molecular weight is 245 g/mol. The Morgan fingerprint density at radius 1 is 1.50 bits per heavy atom. The first kappa shape index (κ1) is 10.6. The van der Waals surface area contributed by atoms with Crippen molar-refractivity contribution < 1.29 is 14.6 Å². The van der Waals surface area contributed by atoms with Gasteiger partial charge in [-0.3, -0.25) is 4.68 Å². The van der Waals surface area contributed by atoms with Crippen LogP contribution in [0.2, 0.25) is 0 Å². The first-order valence-corrected chi connectivity index (χ1v) is 5.38. The lowest BCUT2D eigenvalue weighted by Crippen LogP contribution is -2.00. The summed E-state index contributed by atoms with van der Waals surface area (Å²) >= 11 is 0. The molecule has 6 nitrogen and oxygen atoms in total. The van der Waals surface area contributed by atoms with Gasteiger partial charge in [-0.2, -0.15) is 5.10 Å². The van der Waals surface area contributed by atoms with Crippen molar-refractivity contribution in [3.63, 3.8) is 0 Å². The second-order valence-electron chi connectivity index (χ2n) is 4.01. The van der Waals surface area contributed by atoms with Crippen LogP contribution in [-0.2, 0) is 7.05 Å². The van der Waals surface area contributed by atoms with Gasteiger partial charge in [0, 0.05) is 12.4 Å². The number of aromatic amines is 1. The Bertz CT molecular complexity index is 770. The van der Waals surface area contributed by atoms with E-state index in [4.69, 9.17) is 4.74 Å². The van der Waals surface area contributed by atoms with Crippen LogP contribution in [0.25, 0.3) is 21.9 Å². The molecule has 2 N–H and O–H groups in total. The lowest BCUT2D eigenvalue weighted by Gasteiger charge is -2.00. The molecule has 0 saturated heterocycles. The molecule has 0 atom stereocenters. The Kier molecular flexibility index (Phi) is 2.07. The SMILES string of the molecule is COc1cccc2c1[nH]c1c2c(C(=O)O)nn1C. The third-order valence-corrected chi connectivity index (χ3v) is 3.01. The predicted molar refractivity (Wildman–Crippen MR) is 66.1 cm³/mol. The van der Waals surface area contributed by atoms with Crippen molar-refractivity contribution in [1.29, 1.82) is 0 Å². The predicted octanol–water partition coefficient (Wildman–Crippen LogP) is 1.76. The Labute approximate surface area is 102 Å². The van der Waals surface area contributed by atoms with Crippen molar-refractivity contribution in [2.75, 3.05) is 7.11 Å². The number of aromatic carboxylic acids is 1. The summed E-state index contributed by atoms with van der Waals surface area (Å²) in [6, 6.07) is 5.50. The summed E-state index contributed by atoms with van der Waals surface area (Å²) in [7, 11) is 3.28. The largest absolute Gasteiger partial charge is 0.495 e. The van der Waals surface area contributed by atoms with Crippen LogP contribution < -0.4 is 4.74 Å². The fraction of sp³-hybridized carbons (Fsp3) is 0.167. The van der Waals surface area contributed by atoms with Gasteiger partial charge in [0.1, 0.15) is 11.4 Å². The molecule has 6 heteroatoms. The van der Waals surface area contributed by atoms with Crippen LogP contribution in [0.5, 0.6) is 5.75 Å². The number of para-hydroxylation sites is 1. The van der Waals surface area contributed by atoms with Gasteiger partial charge in [-0.15, -0.1) is 0 Å². The number of H-pyrrole nitrogens is 1. The van der Waals surface area contributed by atoms with Crippen molar-refractivity contribution in [2.45, 2.75) is 0 Å². The zero-order chi connectivity index (χ0) is 12.9. The molecule has 0 spiro atoms. The van der Waals surface area contributed by atoms with E-state index in [1.54, 1.807) is 14.2 Å². The van der Waals surface area contributed by atoms with E-state index in [0.29, 0.717) is 16.8 Å². The molecule has 18 heavy (non-hydrogen) atoms. The normalized spacial score (nSPS) is 11.2. The highest BCUT2D eigenvalue weighted by molar-refractivity contribution is 6.15. The number of benzene rings is 1. The summed E-state index contributed by atoms with van der Waals surface area (Å²) in [4.78, 5) is 14.4. The summed E-state index contributed by atoms with van der Waals surface area (Å²) in [6.07, 6.45) is 0. The monoisotopic (exact) mass is 245 g/mol. The zero-order valence-corrected chi connectivity index (χ0v) is 9.89. The summed E-state index contributed by atoms with van der Waals surface area (Å²) in [5.74, 6) is -0.357. The third kappa shape index (κ3) is 1.22. The summed E-state index contributed by atoms with van der Waals surface area (Å²) in [6.45, 7) is 0. The molecule has 0 aliphatic carbocycles. The highest BCUT2D eigenvalue weighted by Crippen LogP contribution is 2.33. The van der Waals surface area contributed by atoms with Gasteiger partial charge in [0.15, 0.2) is 5.69 Å². The minimum absolute atomic E-state index is 0.0482. The van der Waals surface area contributed by atoms with Gasteiger partial charge in [-0.05, 0) is 6.07 Å². The highest BCUT2D eigenvalue weighted by Gasteiger charge is 2.20. The Hall–Kier alpha value is -2.50. The first-order valence-electron chi connectivity index (χ1n) is 5.38. The smallest absolute Gasteiger partial charge is 0.357 e. The second kappa shape index (κ2) is 3.49. The summed E-state index contributed by atoms with van der Waals surface area (Å²) < 4.78 is 6.78. The quantitative estimate of drug-likeness (QED) is 0.721. The molecule has 0 aliphatic heterocycles. The maximum absolute atomic E-state index is 11.2. The number of carboxylic acid groups (broad SMARTS) is 1. The standard InChI is InChI=1S/C12H11N3O3/c1-15-11-8(10(14-15)12(16)17)6-4-3-5-7(18-2)9(6)13-11/h3-5,13H,1-2H3,(H,16,17). The van der Waals surface area contributed by atoms with E-state index in [-0.39, 0.29) is 5.69 Å². The zero-order valence-electron chi connectivity index (χ0n) is 9.89. The average Bonchev–Trinajstić information content (AvgIpc) is 2.87. The van der Waals surface area contributed by atoms with Crippen LogP contribution in [0.4, 0.5) is 0 Å². The minimum atomic E-state index is -1.04. The molecule has 0 bridgehead atoms. The number of hydrogen-bond acceptors (Lipinski definition) is 3. The van der Waals surface area contributed by atoms with E-state index < -0.39 is 5.97 Å². The van der Waals surface area contributed by atoms with Crippen molar-refractivity contribution >= 4 is 27.9 Å². The van der Waals surface area contributed by atoms with Crippen LogP contribution >= 0.6 is 0 Å². The van der Waals surface area contributed by atoms with E-state index in [1.165, 1.54) is 4.68 Å². The molecule has 0 radical (unpaired) electrons. The lowest BCUT2D eigenvalue weighted by molar-refractivity contribution is 0.0691. The fourth-order valence-corrected chi connectivity index (χ4v) is 2.23. The number of rotatable bonds is 2. The third-order valence-electron chi connectivity index (χ3n) is 3.01. The molecule has 0 aliphatic rings. The van der Waals surface area contributed by atoms with Crippen molar-refractivity contribution in [2.24, 2.45) is 7.05 Å². The van der Waals surface area contributed by atoms with E-state index in [0.717, 1.165) is 10.9 Å². The van der Waals surface area contributed by atoms with E-state index in [1.807, 2.05) is 18.2 Å². The van der Waals surface area contributed by atoms with E-state index in [9.17, 15) is 9.90 Å². The van der Waals surface area contributed by atoms with Crippen molar-refractivity contribution in [1.82, 2.24) is 14.8 Å². The minimum Gasteiger partial charge on any atom is -0.495 e. The molecule has 0 unspecified atom stereocenters. The summed E-state index contributed by atoms with van der Waals surface area (Å²) in [5, 5.41) is 14.6. The van der Waals surface area contributed by atoms with Gasteiger partial charge in [0.2, 0.25) is 0 Å². The summed E-state index contributed by atoms with van der Waals surface area (Å²) in [5.41, 5.74) is 1.50. The van der Waals surface area contributed by atoms with Crippen LogP contribution in [0, 0.1) is 0 Å². The van der Waals surface area contributed by atoms with Crippen molar-refractivity contribution in [3.8, 4) is 5.75 Å². The van der Waals surface area contributed by atoms with Gasteiger partial charge >= 0.3 is 5.97 Å². The molecule has 1 aromatic carbocycles. The van der Waals surface area contributed by atoms with Gasteiger partial charge in [-0.1, -0.05) is 12.1 Å². The van der Waals surface area contributed by atoms with Gasteiger partial charge in [0.05, 0.1) is 18.0 Å². The van der Waals surface area contributed by atoms with Crippen LogP contribution in [0.15, 0.2) is 18.2 Å². The maximum atomic E-state index is 11.2.